The van der Waals surface area contributed by atoms with Crippen LogP contribution in [-0.4, -0.2) is 23.4 Å². The molecule has 1 N–H and O–H groups in total. The van der Waals surface area contributed by atoms with Gasteiger partial charge >= 0.3 is 0 Å². The van der Waals surface area contributed by atoms with Crippen molar-refractivity contribution >= 4 is 26.7 Å². The van der Waals surface area contributed by atoms with Gasteiger partial charge in [-0.05, 0) is 48.9 Å². The van der Waals surface area contributed by atoms with Gasteiger partial charge in [0.15, 0.2) is 0 Å². The highest BCUT2D eigenvalue weighted by molar-refractivity contribution is 7.92. The van der Waals surface area contributed by atoms with E-state index in [1.165, 1.54) is 0 Å². The molecule has 4 rings (SSSR count). The molecule has 1 heterocycles. The fourth-order valence-electron chi connectivity index (χ4n) is 2.66. The second-order valence-corrected chi connectivity index (χ2v) is 7.58. The summed E-state index contributed by atoms with van der Waals surface area (Å²) in [6.07, 6.45) is 0. The van der Waals surface area contributed by atoms with Crippen LogP contribution in [0.25, 0.3) is 16.7 Å². The van der Waals surface area contributed by atoms with Crippen LogP contribution in [0.2, 0.25) is 0 Å². The highest BCUT2D eigenvalue weighted by Gasteiger charge is 2.16. The molecule has 26 heavy (non-hydrogen) atoms. The van der Waals surface area contributed by atoms with Gasteiger partial charge in [0.1, 0.15) is 11.0 Å². The van der Waals surface area contributed by atoms with E-state index in [1.807, 2.05) is 43.3 Å². The number of fused-ring (bicyclic) bond motifs is 1. The van der Waals surface area contributed by atoms with Crippen LogP contribution in [0.3, 0.4) is 0 Å². The molecular formula is C19H16N4O2S. The smallest absolute Gasteiger partial charge is 0.261 e. The maximum Gasteiger partial charge on any atom is 0.261 e. The SMILES string of the molecule is Cc1cc2nn(-c3ccccc3)nc2cc1NS(=O)(=O)c1ccccc1. The first-order valence-electron chi connectivity index (χ1n) is 8.04. The van der Waals surface area contributed by atoms with E-state index < -0.39 is 10.0 Å². The van der Waals surface area contributed by atoms with Crippen molar-refractivity contribution in [3.05, 3.63) is 78.4 Å². The molecule has 0 fully saturated rings. The third kappa shape index (κ3) is 3.04. The average molecular weight is 364 g/mol. The van der Waals surface area contributed by atoms with Crippen molar-refractivity contribution in [2.45, 2.75) is 11.8 Å². The van der Waals surface area contributed by atoms with Crippen molar-refractivity contribution in [2.75, 3.05) is 4.72 Å². The Kier molecular flexibility index (Phi) is 3.93. The lowest BCUT2D eigenvalue weighted by Gasteiger charge is -2.10. The average Bonchev–Trinajstić information content (AvgIpc) is 3.06. The van der Waals surface area contributed by atoms with Gasteiger partial charge in [0, 0.05) is 0 Å². The lowest BCUT2D eigenvalue weighted by atomic mass is 10.2. The molecule has 6 nitrogen and oxygen atoms in total. The lowest BCUT2D eigenvalue weighted by molar-refractivity contribution is 0.601. The molecule has 0 bridgehead atoms. The first-order chi connectivity index (χ1) is 12.5. The number of aryl methyl sites for hydroxylation is 1. The summed E-state index contributed by atoms with van der Waals surface area (Å²) in [6, 6.07) is 21.4. The molecular weight excluding hydrogens is 348 g/mol. The number of benzene rings is 3. The second-order valence-electron chi connectivity index (χ2n) is 5.90. The Hall–Kier alpha value is -3.19. The van der Waals surface area contributed by atoms with Gasteiger partial charge in [-0.25, -0.2) is 8.42 Å². The molecule has 4 aromatic rings. The van der Waals surface area contributed by atoms with E-state index in [9.17, 15) is 8.42 Å². The summed E-state index contributed by atoms with van der Waals surface area (Å²) in [6.45, 7) is 1.84. The largest absolute Gasteiger partial charge is 0.279 e. The standard InChI is InChI=1S/C19H16N4O2S/c1-14-12-18-19(21-23(20-18)15-8-4-2-5-9-15)13-17(14)22-26(24,25)16-10-6-3-7-11-16/h2-13,22H,1H3. The topological polar surface area (TPSA) is 76.9 Å². The summed E-state index contributed by atoms with van der Waals surface area (Å²) < 4.78 is 27.8. The number of sulfonamides is 1. The predicted octanol–water partition coefficient (Wildman–Crippen LogP) is 3.53. The molecule has 7 heteroatoms. The van der Waals surface area contributed by atoms with Crippen LogP contribution in [-0.2, 0) is 10.0 Å². The highest BCUT2D eigenvalue weighted by atomic mass is 32.2. The number of rotatable bonds is 4. The summed E-state index contributed by atoms with van der Waals surface area (Å²) in [5, 5.41) is 8.93. The molecule has 0 atom stereocenters. The molecule has 0 radical (unpaired) electrons. The number of hydrogen-bond acceptors (Lipinski definition) is 4. The van der Waals surface area contributed by atoms with Crippen LogP contribution in [0.1, 0.15) is 5.56 Å². The fraction of sp³-hybridized carbons (Fsp3) is 0.0526. The summed E-state index contributed by atoms with van der Waals surface area (Å²) in [5.74, 6) is 0. The van der Waals surface area contributed by atoms with Crippen LogP contribution in [0, 0.1) is 6.92 Å². The van der Waals surface area contributed by atoms with Crippen molar-refractivity contribution in [3.8, 4) is 5.69 Å². The maximum atomic E-state index is 12.6. The van der Waals surface area contributed by atoms with Crippen molar-refractivity contribution in [1.29, 1.82) is 0 Å². The maximum absolute atomic E-state index is 12.6. The minimum Gasteiger partial charge on any atom is -0.279 e. The molecule has 0 amide bonds. The van der Waals surface area contributed by atoms with Gasteiger partial charge in [0.2, 0.25) is 0 Å². The van der Waals surface area contributed by atoms with Gasteiger partial charge in [-0.3, -0.25) is 4.72 Å². The summed E-state index contributed by atoms with van der Waals surface area (Å²) in [4.78, 5) is 1.76. The van der Waals surface area contributed by atoms with Gasteiger partial charge < -0.3 is 0 Å². The van der Waals surface area contributed by atoms with Crippen LogP contribution >= 0.6 is 0 Å². The van der Waals surface area contributed by atoms with Crippen LogP contribution in [0.5, 0.6) is 0 Å². The van der Waals surface area contributed by atoms with Gasteiger partial charge in [-0.2, -0.15) is 4.80 Å². The number of aromatic nitrogens is 3. The number of nitrogens with zero attached hydrogens (tertiary/aromatic N) is 3. The van der Waals surface area contributed by atoms with E-state index in [0.717, 1.165) is 11.3 Å². The minimum absolute atomic E-state index is 0.215. The Morgan fingerprint density at radius 2 is 1.42 bits per heavy atom. The van der Waals surface area contributed by atoms with Crippen LogP contribution < -0.4 is 4.72 Å². The van der Waals surface area contributed by atoms with Crippen molar-refractivity contribution in [1.82, 2.24) is 15.0 Å². The van der Waals surface area contributed by atoms with Crippen LogP contribution in [0.15, 0.2) is 77.7 Å². The van der Waals surface area contributed by atoms with Gasteiger partial charge in [-0.15, -0.1) is 10.2 Å². The first kappa shape index (κ1) is 16.3. The Morgan fingerprint density at radius 3 is 2.08 bits per heavy atom. The molecule has 0 spiro atoms. The predicted molar refractivity (Wildman–Crippen MR) is 101 cm³/mol. The van der Waals surface area contributed by atoms with E-state index >= 15 is 0 Å². The number of nitrogens with one attached hydrogen (secondary N) is 1. The summed E-state index contributed by atoms with van der Waals surface area (Å²) in [5.41, 5.74) is 3.42. The normalized spacial score (nSPS) is 11.6. The van der Waals surface area contributed by atoms with E-state index in [1.54, 1.807) is 41.2 Å². The summed E-state index contributed by atoms with van der Waals surface area (Å²) >= 11 is 0. The molecule has 0 aliphatic rings. The molecule has 0 aliphatic heterocycles. The first-order valence-corrected chi connectivity index (χ1v) is 9.52. The van der Waals surface area contributed by atoms with Crippen molar-refractivity contribution in [3.63, 3.8) is 0 Å². The lowest BCUT2D eigenvalue weighted by Crippen LogP contribution is -2.13. The number of anilines is 1. The van der Waals surface area contributed by atoms with Gasteiger partial charge in [0.25, 0.3) is 10.0 Å². The molecule has 3 aromatic carbocycles. The van der Waals surface area contributed by atoms with E-state index in [0.29, 0.717) is 16.7 Å². The van der Waals surface area contributed by atoms with E-state index in [4.69, 9.17) is 0 Å². The second kappa shape index (κ2) is 6.27. The Balaban J connectivity index is 1.74. The highest BCUT2D eigenvalue weighted by Crippen LogP contribution is 2.24. The van der Waals surface area contributed by atoms with Crippen LogP contribution in [0.4, 0.5) is 5.69 Å². The Labute approximate surface area is 151 Å². The monoisotopic (exact) mass is 364 g/mol. The molecule has 0 unspecified atom stereocenters. The molecule has 130 valence electrons. The number of para-hydroxylation sites is 1. The quantitative estimate of drug-likeness (QED) is 0.601. The molecule has 0 aliphatic carbocycles. The number of hydrogen-bond donors (Lipinski definition) is 1. The van der Waals surface area contributed by atoms with Crippen molar-refractivity contribution < 1.29 is 8.42 Å². The molecule has 0 saturated carbocycles. The zero-order chi connectivity index (χ0) is 18.1. The van der Waals surface area contributed by atoms with E-state index in [-0.39, 0.29) is 4.90 Å². The van der Waals surface area contributed by atoms with Crippen molar-refractivity contribution in [2.24, 2.45) is 0 Å². The third-order valence-corrected chi connectivity index (χ3v) is 5.39. The third-order valence-electron chi connectivity index (χ3n) is 4.01. The molecule has 1 aromatic heterocycles. The fourth-order valence-corrected chi connectivity index (χ4v) is 3.80. The zero-order valence-corrected chi connectivity index (χ0v) is 14.8. The summed E-state index contributed by atoms with van der Waals surface area (Å²) in [7, 11) is -3.65. The van der Waals surface area contributed by atoms with Gasteiger partial charge in [-0.1, -0.05) is 36.4 Å². The Morgan fingerprint density at radius 1 is 0.846 bits per heavy atom. The molecule has 0 saturated heterocycles. The van der Waals surface area contributed by atoms with E-state index in [2.05, 4.69) is 14.9 Å². The minimum atomic E-state index is -3.65. The van der Waals surface area contributed by atoms with Gasteiger partial charge in [0.05, 0.1) is 16.3 Å². The zero-order valence-electron chi connectivity index (χ0n) is 14.0. The Bertz CT molecular complexity index is 1170.